The minimum Gasteiger partial charge on any atom is -0.395 e. The van der Waals surface area contributed by atoms with Crippen molar-refractivity contribution in [2.75, 3.05) is 6.61 Å². The molecule has 5 heteroatoms. The van der Waals surface area contributed by atoms with E-state index in [2.05, 4.69) is 5.32 Å². The van der Waals surface area contributed by atoms with E-state index >= 15 is 0 Å². The van der Waals surface area contributed by atoms with Crippen LogP contribution in [0.4, 0.5) is 5.69 Å². The van der Waals surface area contributed by atoms with E-state index in [9.17, 15) is 10.1 Å². The molecule has 0 amide bonds. The van der Waals surface area contributed by atoms with Crippen LogP contribution in [0.15, 0.2) is 18.2 Å². The molecule has 0 heterocycles. The number of aliphatic hydroxyl groups excluding tert-OH is 1. The Hall–Kier alpha value is -1.46. The predicted octanol–water partition coefficient (Wildman–Crippen LogP) is 1.76. The number of benzene rings is 1. The first kappa shape index (κ1) is 13.6. The quantitative estimate of drug-likeness (QED) is 0.585. The number of aliphatic hydroxyl groups is 1. The van der Waals surface area contributed by atoms with Gasteiger partial charge in [-0.3, -0.25) is 10.1 Å². The summed E-state index contributed by atoms with van der Waals surface area (Å²) in [5.74, 6) is 0. The third-order valence-corrected chi connectivity index (χ3v) is 2.91. The van der Waals surface area contributed by atoms with Gasteiger partial charge in [0.15, 0.2) is 0 Å². The Morgan fingerprint density at radius 3 is 2.76 bits per heavy atom. The fraction of sp³-hybridized carbons (Fsp3) is 0.500. The van der Waals surface area contributed by atoms with Crippen LogP contribution in [0, 0.1) is 17.0 Å². The summed E-state index contributed by atoms with van der Waals surface area (Å²) in [6.07, 6.45) is 0.824. The highest BCUT2D eigenvalue weighted by molar-refractivity contribution is 5.44. The van der Waals surface area contributed by atoms with Crippen LogP contribution >= 0.6 is 0 Å². The van der Waals surface area contributed by atoms with Gasteiger partial charge in [-0.2, -0.15) is 0 Å². The van der Waals surface area contributed by atoms with Gasteiger partial charge in [0.1, 0.15) is 0 Å². The second-order valence-corrected chi connectivity index (χ2v) is 3.99. The summed E-state index contributed by atoms with van der Waals surface area (Å²) in [4.78, 5) is 10.4. The fourth-order valence-corrected chi connectivity index (χ4v) is 1.65. The van der Waals surface area contributed by atoms with Crippen molar-refractivity contribution < 1.29 is 10.0 Å². The van der Waals surface area contributed by atoms with E-state index in [4.69, 9.17) is 5.11 Å². The van der Waals surface area contributed by atoms with Crippen molar-refractivity contribution in [3.05, 3.63) is 39.4 Å². The smallest absolute Gasteiger partial charge is 0.272 e. The second-order valence-electron chi connectivity index (χ2n) is 3.99. The topological polar surface area (TPSA) is 75.4 Å². The van der Waals surface area contributed by atoms with Crippen LogP contribution in [-0.2, 0) is 6.54 Å². The van der Waals surface area contributed by atoms with E-state index in [1.54, 1.807) is 13.0 Å². The highest BCUT2D eigenvalue weighted by Gasteiger charge is 2.13. The van der Waals surface area contributed by atoms with Crippen molar-refractivity contribution >= 4 is 5.69 Å². The molecule has 0 bridgehead atoms. The number of nitrogens with zero attached hydrogens (tertiary/aromatic N) is 1. The zero-order chi connectivity index (χ0) is 12.8. The first-order valence-corrected chi connectivity index (χ1v) is 5.67. The maximum Gasteiger partial charge on any atom is 0.272 e. The number of hydrogen-bond acceptors (Lipinski definition) is 4. The molecule has 1 aromatic rings. The van der Waals surface area contributed by atoms with E-state index < -0.39 is 0 Å². The Bertz CT molecular complexity index is 389. The van der Waals surface area contributed by atoms with Gasteiger partial charge in [-0.15, -0.1) is 0 Å². The molecule has 0 spiro atoms. The monoisotopic (exact) mass is 238 g/mol. The molecule has 0 aliphatic heterocycles. The third-order valence-electron chi connectivity index (χ3n) is 2.91. The van der Waals surface area contributed by atoms with Crippen LogP contribution in [0.1, 0.15) is 24.5 Å². The van der Waals surface area contributed by atoms with E-state index in [0.29, 0.717) is 12.1 Å². The highest BCUT2D eigenvalue weighted by Crippen LogP contribution is 2.20. The van der Waals surface area contributed by atoms with Gasteiger partial charge in [0.05, 0.1) is 11.5 Å². The fourth-order valence-electron chi connectivity index (χ4n) is 1.65. The van der Waals surface area contributed by atoms with Gasteiger partial charge in [0.25, 0.3) is 5.69 Å². The van der Waals surface area contributed by atoms with Crippen molar-refractivity contribution in [3.63, 3.8) is 0 Å². The van der Waals surface area contributed by atoms with Crippen LogP contribution in [0.25, 0.3) is 0 Å². The molecular weight excluding hydrogens is 220 g/mol. The van der Waals surface area contributed by atoms with Gasteiger partial charge in [0.2, 0.25) is 0 Å². The molecule has 0 saturated carbocycles. The molecule has 1 unspecified atom stereocenters. The molecule has 0 aromatic heterocycles. The zero-order valence-electron chi connectivity index (χ0n) is 10.1. The Kier molecular flexibility index (Phi) is 5.06. The molecule has 2 N–H and O–H groups in total. The van der Waals surface area contributed by atoms with Crippen LogP contribution in [0.3, 0.4) is 0 Å². The van der Waals surface area contributed by atoms with E-state index in [-0.39, 0.29) is 23.3 Å². The summed E-state index contributed by atoms with van der Waals surface area (Å²) in [5.41, 5.74) is 1.71. The average Bonchev–Trinajstić information content (AvgIpc) is 2.32. The Morgan fingerprint density at radius 1 is 1.53 bits per heavy atom. The summed E-state index contributed by atoms with van der Waals surface area (Å²) < 4.78 is 0. The van der Waals surface area contributed by atoms with Crippen molar-refractivity contribution in [1.82, 2.24) is 5.32 Å². The molecule has 0 saturated heterocycles. The summed E-state index contributed by atoms with van der Waals surface area (Å²) in [6.45, 7) is 4.33. The van der Waals surface area contributed by atoms with Crippen molar-refractivity contribution in [2.24, 2.45) is 0 Å². The van der Waals surface area contributed by atoms with E-state index in [0.717, 1.165) is 12.0 Å². The van der Waals surface area contributed by atoms with Crippen LogP contribution in [-0.4, -0.2) is 22.7 Å². The number of nitro benzene ring substituents is 1. The number of hydrogen-bond donors (Lipinski definition) is 2. The lowest BCUT2D eigenvalue weighted by Gasteiger charge is -2.14. The Balaban J connectivity index is 2.78. The SMILES string of the molecule is CCC(CO)NCc1cccc([N+](=O)[O-])c1C. The van der Waals surface area contributed by atoms with Gasteiger partial charge < -0.3 is 10.4 Å². The van der Waals surface area contributed by atoms with E-state index in [1.807, 2.05) is 13.0 Å². The minimum atomic E-state index is -0.373. The average molecular weight is 238 g/mol. The van der Waals surface area contributed by atoms with Gasteiger partial charge in [0, 0.05) is 24.2 Å². The molecule has 5 nitrogen and oxygen atoms in total. The first-order valence-electron chi connectivity index (χ1n) is 5.67. The van der Waals surface area contributed by atoms with Crippen molar-refractivity contribution in [1.29, 1.82) is 0 Å². The van der Waals surface area contributed by atoms with Gasteiger partial charge in [-0.05, 0) is 18.9 Å². The zero-order valence-corrected chi connectivity index (χ0v) is 10.1. The van der Waals surface area contributed by atoms with Gasteiger partial charge >= 0.3 is 0 Å². The number of rotatable bonds is 6. The summed E-state index contributed by atoms with van der Waals surface area (Å²) >= 11 is 0. The molecule has 0 aliphatic carbocycles. The lowest BCUT2D eigenvalue weighted by Crippen LogP contribution is -2.31. The molecular formula is C12H18N2O3. The number of nitro groups is 1. The second kappa shape index (κ2) is 6.32. The maximum absolute atomic E-state index is 10.8. The van der Waals surface area contributed by atoms with Crippen LogP contribution < -0.4 is 5.32 Å². The molecule has 1 aromatic carbocycles. The largest absolute Gasteiger partial charge is 0.395 e. The highest BCUT2D eigenvalue weighted by atomic mass is 16.6. The molecule has 94 valence electrons. The third kappa shape index (κ3) is 3.51. The molecule has 1 rings (SSSR count). The van der Waals surface area contributed by atoms with Crippen LogP contribution in [0.5, 0.6) is 0 Å². The summed E-state index contributed by atoms with van der Waals surface area (Å²) in [5, 5.41) is 23.0. The van der Waals surface area contributed by atoms with Gasteiger partial charge in [-0.1, -0.05) is 19.1 Å². The van der Waals surface area contributed by atoms with Gasteiger partial charge in [-0.25, -0.2) is 0 Å². The van der Waals surface area contributed by atoms with Crippen molar-refractivity contribution in [2.45, 2.75) is 32.9 Å². The normalized spacial score (nSPS) is 12.4. The summed E-state index contributed by atoms with van der Waals surface area (Å²) in [7, 11) is 0. The molecule has 0 aliphatic rings. The molecule has 0 radical (unpaired) electrons. The molecule has 1 atom stereocenters. The first-order chi connectivity index (χ1) is 8.10. The molecule has 17 heavy (non-hydrogen) atoms. The molecule has 0 fully saturated rings. The van der Waals surface area contributed by atoms with E-state index in [1.165, 1.54) is 6.07 Å². The van der Waals surface area contributed by atoms with Crippen LogP contribution in [0.2, 0.25) is 0 Å². The standard InChI is InChI=1S/C12H18N2O3/c1-3-11(8-15)13-7-10-5-4-6-12(9(10)2)14(16)17/h4-6,11,13,15H,3,7-8H2,1-2H3. The summed E-state index contributed by atoms with van der Waals surface area (Å²) in [6, 6.07) is 5.08. The Morgan fingerprint density at radius 2 is 2.24 bits per heavy atom. The van der Waals surface area contributed by atoms with Crippen molar-refractivity contribution in [3.8, 4) is 0 Å². The minimum absolute atomic E-state index is 0.0358. The lowest BCUT2D eigenvalue weighted by molar-refractivity contribution is -0.385. The Labute approximate surface area is 101 Å². The lowest BCUT2D eigenvalue weighted by atomic mass is 10.1. The number of nitrogens with one attached hydrogen (secondary N) is 1. The predicted molar refractivity (Wildman–Crippen MR) is 65.8 cm³/mol. The maximum atomic E-state index is 10.8.